The van der Waals surface area contributed by atoms with Gasteiger partial charge in [0.25, 0.3) is 0 Å². The number of benzene rings is 1. The molecule has 6 nitrogen and oxygen atoms in total. The second kappa shape index (κ2) is 8.42. The van der Waals surface area contributed by atoms with Crippen LogP contribution >= 0.6 is 0 Å². The smallest absolute Gasteiger partial charge is 0.241 e. The predicted molar refractivity (Wildman–Crippen MR) is 101 cm³/mol. The van der Waals surface area contributed by atoms with Crippen molar-refractivity contribution < 1.29 is 13.2 Å². The second-order valence-electron chi connectivity index (χ2n) is 6.69. The van der Waals surface area contributed by atoms with Crippen LogP contribution in [-0.4, -0.2) is 25.4 Å². The molecule has 26 heavy (non-hydrogen) atoms. The molecule has 0 saturated heterocycles. The van der Waals surface area contributed by atoms with E-state index < -0.39 is 16.1 Å². The van der Waals surface area contributed by atoms with Gasteiger partial charge in [0, 0.05) is 18.9 Å². The van der Waals surface area contributed by atoms with Crippen molar-refractivity contribution in [2.75, 3.05) is 0 Å². The summed E-state index contributed by atoms with van der Waals surface area (Å²) < 4.78 is 28.2. The van der Waals surface area contributed by atoms with Gasteiger partial charge in [-0.25, -0.2) is 8.42 Å². The van der Waals surface area contributed by atoms with Gasteiger partial charge in [-0.15, -0.1) is 0 Å². The fourth-order valence-electron chi connectivity index (χ4n) is 2.52. The van der Waals surface area contributed by atoms with Crippen LogP contribution in [0.5, 0.6) is 0 Å². The number of carbonyl (C=O) groups is 1. The Labute approximate surface area is 155 Å². The Kier molecular flexibility index (Phi) is 6.50. The Hall–Kier alpha value is -2.25. The maximum absolute atomic E-state index is 12.8. The third-order valence-electron chi connectivity index (χ3n) is 4.05. The number of amides is 1. The molecule has 1 aromatic heterocycles. The van der Waals surface area contributed by atoms with Crippen LogP contribution in [0, 0.1) is 19.8 Å². The summed E-state index contributed by atoms with van der Waals surface area (Å²) in [6.07, 6.45) is 3.31. The summed E-state index contributed by atoms with van der Waals surface area (Å²) in [4.78, 5) is 16.8. The minimum atomic E-state index is -3.81. The van der Waals surface area contributed by atoms with Gasteiger partial charge in [-0.1, -0.05) is 32.0 Å². The van der Waals surface area contributed by atoms with Crippen LogP contribution in [0.4, 0.5) is 0 Å². The average molecular weight is 375 g/mol. The summed E-state index contributed by atoms with van der Waals surface area (Å²) >= 11 is 0. The number of aryl methyl sites for hydroxylation is 2. The molecule has 0 aliphatic carbocycles. The molecule has 0 aliphatic rings. The highest BCUT2D eigenvalue weighted by Gasteiger charge is 2.29. The zero-order chi connectivity index (χ0) is 19.3. The van der Waals surface area contributed by atoms with E-state index >= 15 is 0 Å². The van der Waals surface area contributed by atoms with E-state index in [4.69, 9.17) is 0 Å². The molecule has 140 valence electrons. The fraction of sp³-hybridized carbons (Fsp3) is 0.368. The predicted octanol–water partition coefficient (Wildman–Crippen LogP) is 2.32. The van der Waals surface area contributed by atoms with Crippen LogP contribution in [0.2, 0.25) is 0 Å². The molecule has 0 aliphatic heterocycles. The SMILES string of the molecule is Cc1ccc(C)c(S(=O)(=O)N[C@@H](C(=O)NCc2cccnc2)C(C)C)c1. The van der Waals surface area contributed by atoms with Crippen LogP contribution in [0.1, 0.15) is 30.5 Å². The third kappa shape index (κ3) is 5.12. The molecule has 0 saturated carbocycles. The third-order valence-corrected chi connectivity index (χ3v) is 5.64. The zero-order valence-electron chi connectivity index (χ0n) is 15.5. The molecule has 1 heterocycles. The van der Waals surface area contributed by atoms with Crippen molar-refractivity contribution in [2.24, 2.45) is 5.92 Å². The number of nitrogens with zero attached hydrogens (tertiary/aromatic N) is 1. The zero-order valence-corrected chi connectivity index (χ0v) is 16.3. The maximum Gasteiger partial charge on any atom is 0.241 e. The molecular formula is C19H25N3O3S. The fourth-order valence-corrected chi connectivity index (χ4v) is 4.20. The van der Waals surface area contributed by atoms with Gasteiger partial charge in [-0.3, -0.25) is 9.78 Å². The van der Waals surface area contributed by atoms with Gasteiger partial charge >= 0.3 is 0 Å². The quantitative estimate of drug-likeness (QED) is 0.777. The minimum Gasteiger partial charge on any atom is -0.351 e. The van der Waals surface area contributed by atoms with E-state index in [1.807, 2.05) is 19.1 Å². The molecular weight excluding hydrogens is 350 g/mol. The van der Waals surface area contributed by atoms with Crippen LogP contribution in [0.15, 0.2) is 47.6 Å². The molecule has 1 atom stereocenters. The van der Waals surface area contributed by atoms with E-state index in [9.17, 15) is 13.2 Å². The Morgan fingerprint density at radius 3 is 2.54 bits per heavy atom. The molecule has 2 N–H and O–H groups in total. The van der Waals surface area contributed by atoms with Gasteiger partial charge in [0.15, 0.2) is 0 Å². The Bertz CT molecular complexity index is 865. The van der Waals surface area contributed by atoms with E-state index in [-0.39, 0.29) is 16.7 Å². The van der Waals surface area contributed by atoms with Crippen molar-refractivity contribution in [3.05, 3.63) is 59.4 Å². The standard InChI is InChI=1S/C19H25N3O3S/c1-13(2)18(19(23)21-12-16-6-5-9-20-11-16)22-26(24,25)17-10-14(3)7-8-15(17)4/h5-11,13,18,22H,12H2,1-4H3,(H,21,23)/t18-/m1/s1. The first-order valence-electron chi connectivity index (χ1n) is 8.47. The van der Waals surface area contributed by atoms with E-state index in [0.29, 0.717) is 12.1 Å². The topological polar surface area (TPSA) is 88.2 Å². The molecule has 0 spiro atoms. The molecule has 0 unspecified atom stereocenters. The number of rotatable bonds is 7. The molecule has 1 amide bonds. The number of nitrogens with one attached hydrogen (secondary N) is 2. The lowest BCUT2D eigenvalue weighted by Gasteiger charge is -2.22. The van der Waals surface area contributed by atoms with Gasteiger partial charge in [-0.05, 0) is 48.6 Å². The van der Waals surface area contributed by atoms with Crippen molar-refractivity contribution in [3.8, 4) is 0 Å². The number of hydrogen-bond donors (Lipinski definition) is 2. The maximum atomic E-state index is 12.8. The Balaban J connectivity index is 2.16. The van der Waals surface area contributed by atoms with Gasteiger partial charge in [-0.2, -0.15) is 4.72 Å². The first-order valence-corrected chi connectivity index (χ1v) is 9.95. The molecule has 2 rings (SSSR count). The molecule has 0 bridgehead atoms. The van der Waals surface area contributed by atoms with Crippen LogP contribution in [0.25, 0.3) is 0 Å². The van der Waals surface area contributed by atoms with E-state index in [1.165, 1.54) is 0 Å². The highest BCUT2D eigenvalue weighted by Crippen LogP contribution is 2.18. The molecule has 7 heteroatoms. The summed E-state index contributed by atoms with van der Waals surface area (Å²) in [7, 11) is -3.81. The van der Waals surface area contributed by atoms with E-state index in [2.05, 4.69) is 15.0 Å². The normalized spacial score (nSPS) is 12.8. The van der Waals surface area contributed by atoms with Crippen molar-refractivity contribution in [2.45, 2.75) is 45.2 Å². The monoisotopic (exact) mass is 375 g/mol. The van der Waals surface area contributed by atoms with Crippen molar-refractivity contribution >= 4 is 15.9 Å². The largest absolute Gasteiger partial charge is 0.351 e. The number of aromatic nitrogens is 1. The number of hydrogen-bond acceptors (Lipinski definition) is 4. The van der Waals surface area contributed by atoms with E-state index in [1.54, 1.807) is 51.4 Å². The van der Waals surface area contributed by atoms with E-state index in [0.717, 1.165) is 11.1 Å². The van der Waals surface area contributed by atoms with Crippen LogP contribution in [-0.2, 0) is 21.4 Å². The Morgan fingerprint density at radius 1 is 1.19 bits per heavy atom. The van der Waals surface area contributed by atoms with Crippen LogP contribution < -0.4 is 10.0 Å². The second-order valence-corrected chi connectivity index (χ2v) is 8.37. The van der Waals surface area contributed by atoms with Gasteiger partial charge in [0.2, 0.25) is 15.9 Å². The molecule has 2 aromatic rings. The molecule has 1 aromatic carbocycles. The molecule has 0 fully saturated rings. The number of carbonyl (C=O) groups excluding carboxylic acids is 1. The summed E-state index contributed by atoms with van der Waals surface area (Å²) in [5, 5.41) is 2.77. The van der Waals surface area contributed by atoms with Crippen molar-refractivity contribution in [1.29, 1.82) is 0 Å². The number of pyridine rings is 1. The van der Waals surface area contributed by atoms with Crippen LogP contribution in [0.3, 0.4) is 0 Å². The lowest BCUT2D eigenvalue weighted by molar-refractivity contribution is -0.123. The molecule has 0 radical (unpaired) electrons. The van der Waals surface area contributed by atoms with Gasteiger partial charge in [0.1, 0.15) is 6.04 Å². The number of sulfonamides is 1. The minimum absolute atomic E-state index is 0.197. The lowest BCUT2D eigenvalue weighted by atomic mass is 10.0. The summed E-state index contributed by atoms with van der Waals surface area (Å²) in [6, 6.07) is 7.99. The highest BCUT2D eigenvalue weighted by atomic mass is 32.2. The summed E-state index contributed by atoms with van der Waals surface area (Å²) in [5.41, 5.74) is 2.33. The lowest BCUT2D eigenvalue weighted by Crippen LogP contribution is -2.49. The van der Waals surface area contributed by atoms with Gasteiger partial charge in [0.05, 0.1) is 4.90 Å². The van der Waals surface area contributed by atoms with Crippen molar-refractivity contribution in [1.82, 2.24) is 15.0 Å². The summed E-state index contributed by atoms with van der Waals surface area (Å²) in [5.74, 6) is -0.568. The first-order chi connectivity index (χ1) is 12.2. The highest BCUT2D eigenvalue weighted by molar-refractivity contribution is 7.89. The van der Waals surface area contributed by atoms with Crippen molar-refractivity contribution in [3.63, 3.8) is 0 Å². The summed E-state index contributed by atoms with van der Waals surface area (Å²) in [6.45, 7) is 7.47. The average Bonchev–Trinajstić information content (AvgIpc) is 2.60. The Morgan fingerprint density at radius 2 is 1.92 bits per heavy atom. The van der Waals surface area contributed by atoms with Gasteiger partial charge < -0.3 is 5.32 Å². The first kappa shape index (κ1) is 20.1.